The third-order valence-electron chi connectivity index (χ3n) is 3.77. The minimum absolute atomic E-state index is 0.0911. The first-order chi connectivity index (χ1) is 11.8. The Bertz CT molecular complexity index is 687. The van der Waals surface area contributed by atoms with Crippen LogP contribution in [-0.2, 0) is 16.1 Å². The lowest BCUT2D eigenvalue weighted by Crippen LogP contribution is -2.32. The molecule has 0 aliphatic carbocycles. The first-order valence-corrected chi connectivity index (χ1v) is 8.10. The second-order valence-electron chi connectivity index (χ2n) is 5.48. The van der Waals surface area contributed by atoms with E-state index < -0.39 is 0 Å². The van der Waals surface area contributed by atoms with Crippen molar-refractivity contribution in [2.75, 3.05) is 31.3 Å². The number of nitrogens with zero attached hydrogens (tertiary/aromatic N) is 1. The van der Waals surface area contributed by atoms with Crippen LogP contribution in [0.15, 0.2) is 48.5 Å². The molecule has 1 aliphatic heterocycles. The number of ether oxygens (including phenoxy) is 3. The summed E-state index contributed by atoms with van der Waals surface area (Å²) in [6.07, 6.45) is 0. The molecule has 0 unspecified atom stereocenters. The van der Waals surface area contributed by atoms with Crippen molar-refractivity contribution in [1.29, 1.82) is 0 Å². The molecule has 5 nitrogen and oxygen atoms in total. The van der Waals surface area contributed by atoms with Gasteiger partial charge in [0.15, 0.2) is 6.61 Å². The normalized spacial score (nSPS) is 13.0. The van der Waals surface area contributed by atoms with Crippen molar-refractivity contribution in [1.82, 2.24) is 0 Å². The van der Waals surface area contributed by atoms with Crippen LogP contribution >= 0.6 is 0 Å². The fraction of sp³-hybridized carbons (Fsp3) is 0.316. The molecule has 0 atom stereocenters. The number of carbonyl (C=O) groups is 1. The fourth-order valence-electron chi connectivity index (χ4n) is 2.66. The Labute approximate surface area is 141 Å². The predicted molar refractivity (Wildman–Crippen MR) is 91.6 cm³/mol. The van der Waals surface area contributed by atoms with Crippen molar-refractivity contribution in [3.63, 3.8) is 0 Å². The lowest BCUT2D eigenvalue weighted by atomic mass is 10.1. The number of benzene rings is 2. The van der Waals surface area contributed by atoms with Crippen LogP contribution < -0.4 is 14.4 Å². The summed E-state index contributed by atoms with van der Waals surface area (Å²) in [6.45, 7) is 4.30. The van der Waals surface area contributed by atoms with E-state index in [1.165, 1.54) is 5.56 Å². The van der Waals surface area contributed by atoms with Gasteiger partial charge in [-0.2, -0.15) is 0 Å². The average Bonchev–Trinajstić information content (AvgIpc) is 2.61. The third-order valence-corrected chi connectivity index (χ3v) is 3.77. The molecule has 1 aliphatic rings. The highest BCUT2D eigenvalue weighted by atomic mass is 16.6. The standard InChI is InChI=1S/C19H21NO4/c1-2-22-19(21)14-24-16-8-9-18-17(12-16)20(10-11-23-18)13-15-6-4-3-5-7-15/h3-9,12H,2,10-11,13-14H2,1H3. The number of hydrogen-bond donors (Lipinski definition) is 0. The highest BCUT2D eigenvalue weighted by Gasteiger charge is 2.19. The molecule has 0 N–H and O–H groups in total. The second-order valence-corrected chi connectivity index (χ2v) is 5.48. The van der Waals surface area contributed by atoms with E-state index in [2.05, 4.69) is 17.0 Å². The predicted octanol–water partition coefficient (Wildman–Crippen LogP) is 3.03. The van der Waals surface area contributed by atoms with Gasteiger partial charge < -0.3 is 19.1 Å². The van der Waals surface area contributed by atoms with Gasteiger partial charge in [-0.05, 0) is 24.6 Å². The van der Waals surface area contributed by atoms with Gasteiger partial charge in [-0.25, -0.2) is 4.79 Å². The molecule has 24 heavy (non-hydrogen) atoms. The Morgan fingerprint density at radius 1 is 1.21 bits per heavy atom. The van der Waals surface area contributed by atoms with E-state index in [-0.39, 0.29) is 12.6 Å². The van der Waals surface area contributed by atoms with Crippen molar-refractivity contribution < 1.29 is 19.0 Å². The Kier molecular flexibility index (Phi) is 5.21. The molecule has 2 aromatic rings. The monoisotopic (exact) mass is 327 g/mol. The van der Waals surface area contributed by atoms with Crippen LogP contribution in [0.5, 0.6) is 11.5 Å². The number of carbonyl (C=O) groups excluding carboxylic acids is 1. The maximum absolute atomic E-state index is 11.4. The third kappa shape index (κ3) is 3.98. The highest BCUT2D eigenvalue weighted by Crippen LogP contribution is 2.35. The van der Waals surface area contributed by atoms with E-state index in [0.29, 0.717) is 19.0 Å². The number of rotatable bonds is 6. The smallest absolute Gasteiger partial charge is 0.344 e. The summed E-state index contributed by atoms with van der Waals surface area (Å²) in [5.74, 6) is 1.10. The van der Waals surface area contributed by atoms with Crippen LogP contribution in [0, 0.1) is 0 Å². The van der Waals surface area contributed by atoms with E-state index in [1.54, 1.807) is 6.92 Å². The summed E-state index contributed by atoms with van der Waals surface area (Å²) >= 11 is 0. The van der Waals surface area contributed by atoms with Crippen molar-refractivity contribution in [2.24, 2.45) is 0 Å². The van der Waals surface area contributed by atoms with E-state index in [0.717, 1.165) is 24.5 Å². The molecule has 126 valence electrons. The fourth-order valence-corrected chi connectivity index (χ4v) is 2.66. The number of hydrogen-bond acceptors (Lipinski definition) is 5. The lowest BCUT2D eigenvalue weighted by molar-refractivity contribution is -0.145. The molecule has 1 heterocycles. The SMILES string of the molecule is CCOC(=O)COc1ccc2c(c1)N(Cc1ccccc1)CCO2. The largest absolute Gasteiger partial charge is 0.490 e. The van der Waals surface area contributed by atoms with Crippen molar-refractivity contribution in [3.8, 4) is 11.5 Å². The van der Waals surface area contributed by atoms with Crippen molar-refractivity contribution in [3.05, 3.63) is 54.1 Å². The van der Waals surface area contributed by atoms with Gasteiger partial charge in [-0.15, -0.1) is 0 Å². The molecular weight excluding hydrogens is 306 g/mol. The first kappa shape index (κ1) is 16.2. The molecule has 0 radical (unpaired) electrons. The van der Waals surface area contributed by atoms with Gasteiger partial charge in [0.05, 0.1) is 18.8 Å². The van der Waals surface area contributed by atoms with Gasteiger partial charge in [0.2, 0.25) is 0 Å². The Hall–Kier alpha value is -2.69. The van der Waals surface area contributed by atoms with Crippen molar-refractivity contribution in [2.45, 2.75) is 13.5 Å². The van der Waals surface area contributed by atoms with Gasteiger partial charge in [-0.1, -0.05) is 30.3 Å². The molecular formula is C19H21NO4. The lowest BCUT2D eigenvalue weighted by Gasteiger charge is -2.31. The van der Waals surface area contributed by atoms with Crippen LogP contribution in [-0.4, -0.2) is 32.3 Å². The number of esters is 1. The zero-order valence-electron chi connectivity index (χ0n) is 13.7. The quantitative estimate of drug-likeness (QED) is 0.763. The van der Waals surface area contributed by atoms with Crippen molar-refractivity contribution >= 4 is 11.7 Å². The highest BCUT2D eigenvalue weighted by molar-refractivity contribution is 5.71. The van der Waals surface area contributed by atoms with Crippen LogP contribution in [0.25, 0.3) is 0 Å². The Morgan fingerprint density at radius 2 is 2.04 bits per heavy atom. The first-order valence-electron chi connectivity index (χ1n) is 8.10. The summed E-state index contributed by atoms with van der Waals surface area (Å²) < 4.78 is 16.1. The van der Waals surface area contributed by atoms with Gasteiger partial charge in [0, 0.05) is 12.6 Å². The van der Waals surface area contributed by atoms with E-state index >= 15 is 0 Å². The molecule has 3 rings (SSSR count). The summed E-state index contributed by atoms with van der Waals surface area (Å²) in [5, 5.41) is 0. The summed E-state index contributed by atoms with van der Waals surface area (Å²) in [6, 6.07) is 15.9. The van der Waals surface area contributed by atoms with Crippen LogP contribution in [0.4, 0.5) is 5.69 Å². The van der Waals surface area contributed by atoms with Gasteiger partial charge >= 0.3 is 5.97 Å². The second kappa shape index (κ2) is 7.73. The number of fused-ring (bicyclic) bond motifs is 1. The molecule has 0 amide bonds. The molecule has 0 spiro atoms. The zero-order valence-corrected chi connectivity index (χ0v) is 13.7. The zero-order chi connectivity index (χ0) is 16.8. The van der Waals surface area contributed by atoms with Crippen LogP contribution in [0.3, 0.4) is 0 Å². The van der Waals surface area contributed by atoms with Gasteiger partial charge in [0.1, 0.15) is 18.1 Å². The molecule has 0 saturated carbocycles. The van der Waals surface area contributed by atoms with E-state index in [9.17, 15) is 4.79 Å². The summed E-state index contributed by atoms with van der Waals surface area (Å²) in [4.78, 5) is 13.7. The molecule has 0 aromatic heterocycles. The maximum Gasteiger partial charge on any atom is 0.344 e. The minimum atomic E-state index is -0.368. The summed E-state index contributed by atoms with van der Waals surface area (Å²) in [5.41, 5.74) is 2.22. The molecule has 2 aromatic carbocycles. The Balaban J connectivity index is 1.73. The maximum atomic E-state index is 11.4. The molecule has 0 bridgehead atoms. The van der Waals surface area contributed by atoms with Gasteiger partial charge in [-0.3, -0.25) is 0 Å². The van der Waals surface area contributed by atoms with Crippen LogP contribution in [0.2, 0.25) is 0 Å². The summed E-state index contributed by atoms with van der Waals surface area (Å²) in [7, 11) is 0. The Morgan fingerprint density at radius 3 is 2.83 bits per heavy atom. The molecule has 5 heteroatoms. The topological polar surface area (TPSA) is 48.0 Å². The van der Waals surface area contributed by atoms with Crippen LogP contribution in [0.1, 0.15) is 12.5 Å². The molecule has 0 fully saturated rings. The van der Waals surface area contributed by atoms with E-state index in [1.807, 2.05) is 36.4 Å². The molecule has 0 saturated heterocycles. The van der Waals surface area contributed by atoms with Gasteiger partial charge in [0.25, 0.3) is 0 Å². The average molecular weight is 327 g/mol. The number of anilines is 1. The van der Waals surface area contributed by atoms with E-state index in [4.69, 9.17) is 14.2 Å². The minimum Gasteiger partial charge on any atom is -0.490 e.